The van der Waals surface area contributed by atoms with Crippen LogP contribution >= 0.6 is 11.8 Å². The van der Waals surface area contributed by atoms with Gasteiger partial charge in [0.2, 0.25) is 5.91 Å². The molecule has 0 spiro atoms. The van der Waals surface area contributed by atoms with Crippen molar-refractivity contribution in [2.24, 2.45) is 0 Å². The lowest BCUT2D eigenvalue weighted by molar-refractivity contribution is -0.133. The minimum atomic E-state index is -0.0895. The van der Waals surface area contributed by atoms with Gasteiger partial charge in [0.05, 0.1) is 12.1 Å². The van der Waals surface area contributed by atoms with Gasteiger partial charge in [0, 0.05) is 49.6 Å². The second kappa shape index (κ2) is 6.04. The molecule has 0 aromatic heterocycles. The molecule has 3 atom stereocenters. The summed E-state index contributed by atoms with van der Waals surface area (Å²) in [6.07, 6.45) is 0.537. The maximum absolute atomic E-state index is 12.5. The number of amides is 3. The lowest BCUT2D eigenvalue weighted by Gasteiger charge is -2.37. The van der Waals surface area contributed by atoms with Crippen LogP contribution in [0.15, 0.2) is 0 Å². The normalized spacial score (nSPS) is 33.0. The predicted molar refractivity (Wildman–Crippen MR) is 83.4 cm³/mol. The fourth-order valence-corrected chi connectivity index (χ4v) is 4.83. The maximum atomic E-state index is 12.5. The highest BCUT2D eigenvalue weighted by Gasteiger charge is 2.44. The number of hydrogen-bond donors (Lipinski definition) is 2. The molecule has 6 nitrogen and oxygen atoms in total. The van der Waals surface area contributed by atoms with E-state index < -0.39 is 0 Å². The first kappa shape index (κ1) is 15.0. The van der Waals surface area contributed by atoms with Crippen molar-refractivity contribution in [1.29, 1.82) is 0 Å². The van der Waals surface area contributed by atoms with Crippen LogP contribution in [0.3, 0.4) is 0 Å². The molecule has 3 amide bonds. The van der Waals surface area contributed by atoms with Gasteiger partial charge in [0.25, 0.3) is 0 Å². The van der Waals surface area contributed by atoms with Gasteiger partial charge in [0.15, 0.2) is 0 Å². The van der Waals surface area contributed by atoms with Gasteiger partial charge in [-0.3, -0.25) is 9.69 Å². The van der Waals surface area contributed by atoms with Crippen LogP contribution in [-0.4, -0.2) is 77.0 Å². The Morgan fingerprint density at radius 1 is 1.29 bits per heavy atom. The Hall–Kier alpha value is -0.950. The summed E-state index contributed by atoms with van der Waals surface area (Å²) < 4.78 is 0. The molecule has 3 aliphatic rings. The molecular weight excluding hydrogens is 288 g/mol. The average molecular weight is 312 g/mol. The second-order valence-corrected chi connectivity index (χ2v) is 7.61. The number of carbonyl (C=O) groups is 2. The van der Waals surface area contributed by atoms with E-state index >= 15 is 0 Å². The van der Waals surface area contributed by atoms with Gasteiger partial charge in [-0.15, -0.1) is 0 Å². The molecule has 0 bridgehead atoms. The Balaban J connectivity index is 1.50. The summed E-state index contributed by atoms with van der Waals surface area (Å²) >= 11 is 1.80. The number of fused-ring (bicyclic) bond motifs is 1. The highest BCUT2D eigenvalue weighted by molar-refractivity contribution is 8.00. The number of rotatable bonds is 3. The number of piperazine rings is 1. The molecule has 2 N–H and O–H groups in total. The summed E-state index contributed by atoms with van der Waals surface area (Å²) in [6.45, 7) is 7.97. The largest absolute Gasteiger partial charge is 0.340 e. The van der Waals surface area contributed by atoms with Gasteiger partial charge < -0.3 is 15.5 Å². The minimum Gasteiger partial charge on any atom is -0.340 e. The Bertz CT molecular complexity index is 423. The second-order valence-electron chi connectivity index (χ2n) is 6.34. The van der Waals surface area contributed by atoms with Crippen LogP contribution in [0.4, 0.5) is 4.79 Å². The van der Waals surface area contributed by atoms with Crippen LogP contribution < -0.4 is 10.6 Å². The van der Waals surface area contributed by atoms with Gasteiger partial charge in [-0.2, -0.15) is 11.8 Å². The highest BCUT2D eigenvalue weighted by Crippen LogP contribution is 2.32. The van der Waals surface area contributed by atoms with Crippen LogP contribution in [0.25, 0.3) is 0 Å². The van der Waals surface area contributed by atoms with E-state index in [0.29, 0.717) is 12.5 Å². The first-order valence-corrected chi connectivity index (χ1v) is 8.80. The molecule has 21 heavy (non-hydrogen) atoms. The van der Waals surface area contributed by atoms with Gasteiger partial charge in [0.1, 0.15) is 0 Å². The molecule has 2 unspecified atom stereocenters. The van der Waals surface area contributed by atoms with E-state index in [0.717, 1.165) is 31.9 Å². The van der Waals surface area contributed by atoms with Crippen molar-refractivity contribution >= 4 is 23.7 Å². The molecule has 0 radical (unpaired) electrons. The Morgan fingerprint density at radius 2 is 2.00 bits per heavy atom. The summed E-state index contributed by atoms with van der Waals surface area (Å²) in [5.74, 6) is 1.14. The van der Waals surface area contributed by atoms with Gasteiger partial charge in [-0.25, -0.2) is 4.79 Å². The zero-order chi connectivity index (χ0) is 15.0. The van der Waals surface area contributed by atoms with E-state index in [1.54, 1.807) is 11.8 Å². The van der Waals surface area contributed by atoms with E-state index in [2.05, 4.69) is 29.4 Å². The SMILES string of the molecule is CC(C)N1CCN(C(=O)C[C@@H]2SCC3NC(=O)NC32)CC1. The Morgan fingerprint density at radius 3 is 2.67 bits per heavy atom. The van der Waals surface area contributed by atoms with Crippen LogP contribution in [0.5, 0.6) is 0 Å². The summed E-state index contributed by atoms with van der Waals surface area (Å²) in [5, 5.41) is 6.07. The van der Waals surface area contributed by atoms with Crippen LogP contribution in [0.1, 0.15) is 20.3 Å². The molecule has 7 heteroatoms. The number of nitrogens with one attached hydrogen (secondary N) is 2. The molecule has 3 aliphatic heterocycles. The molecule has 0 aliphatic carbocycles. The summed E-state index contributed by atoms with van der Waals surface area (Å²) in [4.78, 5) is 28.2. The molecule has 0 aromatic carbocycles. The van der Waals surface area contributed by atoms with Crippen molar-refractivity contribution in [3.63, 3.8) is 0 Å². The smallest absolute Gasteiger partial charge is 0.315 e. The van der Waals surface area contributed by atoms with Crippen LogP contribution in [0.2, 0.25) is 0 Å². The van der Waals surface area contributed by atoms with Crippen molar-refractivity contribution in [1.82, 2.24) is 20.4 Å². The van der Waals surface area contributed by atoms with Gasteiger partial charge >= 0.3 is 6.03 Å². The van der Waals surface area contributed by atoms with E-state index in [1.807, 2.05) is 4.90 Å². The molecule has 3 saturated heterocycles. The molecule has 0 saturated carbocycles. The molecule has 3 heterocycles. The third kappa shape index (κ3) is 3.13. The fraction of sp³-hybridized carbons (Fsp3) is 0.857. The quantitative estimate of drug-likeness (QED) is 0.725. The fourth-order valence-electron chi connectivity index (χ4n) is 3.35. The first-order chi connectivity index (χ1) is 10.0. The van der Waals surface area contributed by atoms with Crippen LogP contribution in [-0.2, 0) is 4.79 Å². The molecule has 118 valence electrons. The molecule has 0 aromatic rings. The third-order valence-electron chi connectivity index (χ3n) is 4.71. The number of nitrogens with zero attached hydrogens (tertiary/aromatic N) is 2. The highest BCUT2D eigenvalue weighted by atomic mass is 32.2. The Labute approximate surface area is 130 Å². The summed E-state index contributed by atoms with van der Waals surface area (Å²) in [6, 6.07) is 0.767. The lowest BCUT2D eigenvalue weighted by atomic mass is 10.1. The van der Waals surface area contributed by atoms with E-state index in [4.69, 9.17) is 0 Å². The van der Waals surface area contributed by atoms with Crippen molar-refractivity contribution in [2.45, 2.75) is 43.6 Å². The Kier molecular flexibility index (Phi) is 4.31. The zero-order valence-corrected chi connectivity index (χ0v) is 13.5. The third-order valence-corrected chi connectivity index (χ3v) is 6.15. The van der Waals surface area contributed by atoms with E-state index in [-0.39, 0.29) is 29.3 Å². The summed E-state index contributed by atoms with van der Waals surface area (Å²) in [5.41, 5.74) is 0. The first-order valence-electron chi connectivity index (χ1n) is 7.75. The lowest BCUT2D eigenvalue weighted by Crippen LogP contribution is -2.51. The van der Waals surface area contributed by atoms with Gasteiger partial charge in [-0.05, 0) is 13.8 Å². The van der Waals surface area contributed by atoms with Crippen LogP contribution in [0, 0.1) is 0 Å². The zero-order valence-electron chi connectivity index (χ0n) is 12.7. The molecule has 3 fully saturated rings. The predicted octanol–water partition coefficient (Wildman–Crippen LogP) is 0.0945. The van der Waals surface area contributed by atoms with Crippen molar-refractivity contribution < 1.29 is 9.59 Å². The average Bonchev–Trinajstić information content (AvgIpc) is 2.99. The van der Waals surface area contributed by atoms with Crippen molar-refractivity contribution in [3.8, 4) is 0 Å². The number of hydrogen-bond acceptors (Lipinski definition) is 4. The topological polar surface area (TPSA) is 64.7 Å². The van der Waals surface area contributed by atoms with Crippen molar-refractivity contribution in [3.05, 3.63) is 0 Å². The van der Waals surface area contributed by atoms with E-state index in [9.17, 15) is 9.59 Å². The van der Waals surface area contributed by atoms with Gasteiger partial charge in [-0.1, -0.05) is 0 Å². The minimum absolute atomic E-state index is 0.0895. The summed E-state index contributed by atoms with van der Waals surface area (Å²) in [7, 11) is 0. The van der Waals surface area contributed by atoms with Crippen molar-refractivity contribution in [2.75, 3.05) is 31.9 Å². The molecule has 3 rings (SSSR count). The number of urea groups is 1. The molecular formula is C14H24N4O2S. The van der Waals surface area contributed by atoms with E-state index in [1.165, 1.54) is 0 Å². The maximum Gasteiger partial charge on any atom is 0.315 e. The standard InChI is InChI=1S/C14H24N4O2S/c1-9(2)17-3-5-18(6-4-17)12(19)7-11-13-10(8-21-11)15-14(20)16-13/h9-11,13H,3-8H2,1-2H3,(H2,15,16,20)/t10?,11-,13?/m0/s1. The number of carbonyl (C=O) groups excluding carboxylic acids is 2. The monoisotopic (exact) mass is 312 g/mol. The number of thioether (sulfide) groups is 1.